The number of carbonyl (C=O) groups is 8. The maximum Gasteiger partial charge on any atom is 0.411 e. The van der Waals surface area contributed by atoms with Crippen molar-refractivity contribution in [2.75, 3.05) is 56.9 Å². The summed E-state index contributed by atoms with van der Waals surface area (Å²) in [6, 6.07) is 4.35. The molecule has 0 fully saturated rings. The lowest BCUT2D eigenvalue weighted by Gasteiger charge is -2.31. The van der Waals surface area contributed by atoms with Gasteiger partial charge >= 0.3 is 42.0 Å². The number of hydrogen-bond donors (Lipinski definition) is 2. The van der Waals surface area contributed by atoms with Gasteiger partial charge < -0.3 is 33.2 Å². The Hall–Kier alpha value is -6.78. The second kappa shape index (κ2) is 22.9. The molecule has 2 N–H and O–H groups in total. The summed E-state index contributed by atoms with van der Waals surface area (Å²) in [4.78, 5) is 97.4. The predicted molar refractivity (Wildman–Crippen MR) is 192 cm³/mol. The summed E-state index contributed by atoms with van der Waals surface area (Å²) in [5.41, 5.74) is -2.35. The summed E-state index contributed by atoms with van der Waals surface area (Å²) < 4.78 is 36.3. The number of benzene rings is 1. The Kier molecular flexibility index (Phi) is 19.2. The van der Waals surface area contributed by atoms with E-state index in [1.165, 1.54) is 18.2 Å². The average Bonchev–Trinajstić information content (AvgIpc) is 3.17. The molecule has 1 aromatic carbocycles. The molecule has 0 atom stereocenters. The van der Waals surface area contributed by atoms with Crippen LogP contribution in [0.5, 0.6) is 0 Å². The molecule has 1 rings (SSSR count). The molecule has 0 radical (unpaired) electrons. The van der Waals surface area contributed by atoms with Gasteiger partial charge in [-0.25, -0.2) is 33.6 Å². The molecule has 17 nitrogen and oxygen atoms in total. The van der Waals surface area contributed by atoms with Crippen LogP contribution in [0.1, 0.15) is 12.0 Å². The normalized spacial score (nSPS) is 10.5. The van der Waals surface area contributed by atoms with Gasteiger partial charge in [0.1, 0.15) is 51.7 Å². The van der Waals surface area contributed by atoms with E-state index in [1.54, 1.807) is 6.92 Å². The van der Waals surface area contributed by atoms with Crippen molar-refractivity contribution in [3.8, 4) is 0 Å². The third kappa shape index (κ3) is 16.5. The first-order valence-electron chi connectivity index (χ1n) is 15.7. The first-order valence-corrected chi connectivity index (χ1v) is 15.7. The molecule has 2 amide bonds. The van der Waals surface area contributed by atoms with Gasteiger partial charge in [0.15, 0.2) is 5.78 Å². The van der Waals surface area contributed by atoms with Gasteiger partial charge in [-0.2, -0.15) is 0 Å². The molecule has 0 aromatic heterocycles. The van der Waals surface area contributed by atoms with Crippen LogP contribution in [0.3, 0.4) is 0 Å². The highest BCUT2D eigenvalue weighted by atomic mass is 16.6. The third-order valence-electron chi connectivity index (χ3n) is 6.95. The van der Waals surface area contributed by atoms with Gasteiger partial charge in [-0.05, 0) is 30.7 Å². The summed E-state index contributed by atoms with van der Waals surface area (Å²) in [7, 11) is 0. The van der Waals surface area contributed by atoms with E-state index >= 15 is 0 Å². The molecule has 0 saturated carbocycles. The number of allylic oxidation sites excluding steroid dienone is 1. The number of aryl methyl sites for hydroxylation is 1. The molecule has 17 heteroatoms. The van der Waals surface area contributed by atoms with E-state index in [0.717, 1.165) is 36.5 Å². The number of carbonyl (C=O) groups excluding carboxylic acids is 8. The first kappa shape index (κ1) is 45.2. The largest absolute Gasteiger partial charge is 0.462 e. The van der Waals surface area contributed by atoms with Crippen molar-refractivity contribution >= 4 is 59.2 Å². The van der Waals surface area contributed by atoms with E-state index in [2.05, 4.69) is 50.1 Å². The Labute approximate surface area is 311 Å². The monoisotopic (exact) mass is 754 g/mol. The number of nitrogens with one attached hydrogen (secondary N) is 2. The maximum atomic E-state index is 13.0. The minimum atomic E-state index is -1.59. The smallest absolute Gasteiger partial charge is 0.411 e. The summed E-state index contributed by atoms with van der Waals surface area (Å²) in [6.45, 7) is 17.7. The quantitative estimate of drug-likeness (QED) is 0.0868. The summed E-state index contributed by atoms with van der Waals surface area (Å²) in [6.07, 6.45) is 2.85. The van der Waals surface area contributed by atoms with E-state index < -0.39 is 111 Å². The van der Waals surface area contributed by atoms with Gasteiger partial charge in [-0.15, -0.1) is 0 Å². The number of ether oxygens (including phenoxy) is 7. The van der Waals surface area contributed by atoms with Gasteiger partial charge in [-0.3, -0.25) is 15.4 Å². The lowest BCUT2D eigenvalue weighted by atomic mass is 9.85. The molecule has 0 spiro atoms. The van der Waals surface area contributed by atoms with Gasteiger partial charge in [0.2, 0.25) is 0 Å². The number of esters is 5. The van der Waals surface area contributed by atoms with Crippen LogP contribution in [0.25, 0.3) is 0 Å². The standard InChI is InChI=1S/C37H42N2O15/c1-8-27(40)17-36(18-48-29(41)9-2,19-49-30(42)10-3)20-53-35(47)39-28-16-26(15-14-25(28)7)38-34(46)54-24-37(21-50-31(43)11-4,22-51-32(44)12-5)23-52-33(45)13-6/h8-16H,1-6,17-24H2,7H3,(H,38,46)(H,39,47). The Morgan fingerprint density at radius 1 is 0.519 bits per heavy atom. The average molecular weight is 755 g/mol. The van der Waals surface area contributed by atoms with Crippen LogP contribution >= 0.6 is 0 Å². The maximum absolute atomic E-state index is 13.0. The molecule has 1 aromatic rings. The van der Waals surface area contributed by atoms with Crippen LogP contribution in [0, 0.1) is 17.8 Å². The topological polar surface area (TPSA) is 225 Å². The van der Waals surface area contributed by atoms with E-state index in [4.69, 9.17) is 33.2 Å². The van der Waals surface area contributed by atoms with Crippen LogP contribution in [0.4, 0.5) is 21.0 Å². The minimum Gasteiger partial charge on any atom is -0.462 e. The number of hydrogen-bond acceptors (Lipinski definition) is 15. The molecule has 0 aliphatic rings. The van der Waals surface area contributed by atoms with E-state index in [-0.39, 0.29) is 11.4 Å². The van der Waals surface area contributed by atoms with Crippen molar-refractivity contribution in [2.24, 2.45) is 10.8 Å². The molecule has 0 aliphatic heterocycles. The molecular weight excluding hydrogens is 712 g/mol. The molecule has 0 unspecified atom stereocenters. The number of amides is 2. The first-order chi connectivity index (χ1) is 25.6. The Morgan fingerprint density at radius 2 is 0.870 bits per heavy atom. The highest BCUT2D eigenvalue weighted by Gasteiger charge is 2.39. The summed E-state index contributed by atoms with van der Waals surface area (Å²) in [5.74, 6) is -4.83. The molecule has 0 bridgehead atoms. The lowest BCUT2D eigenvalue weighted by molar-refractivity contribution is -0.159. The molecule has 0 saturated heterocycles. The molecule has 54 heavy (non-hydrogen) atoms. The molecule has 0 aliphatic carbocycles. The summed E-state index contributed by atoms with van der Waals surface area (Å²) >= 11 is 0. The van der Waals surface area contributed by atoms with Gasteiger partial charge in [0.05, 0.1) is 5.41 Å². The van der Waals surface area contributed by atoms with Crippen molar-refractivity contribution in [1.82, 2.24) is 0 Å². The molecule has 290 valence electrons. The number of anilines is 2. The minimum absolute atomic E-state index is 0.111. The number of ketones is 1. The van der Waals surface area contributed by atoms with Crippen LogP contribution < -0.4 is 10.6 Å². The van der Waals surface area contributed by atoms with Crippen LogP contribution in [-0.2, 0) is 61.9 Å². The zero-order valence-corrected chi connectivity index (χ0v) is 29.7. The van der Waals surface area contributed by atoms with Crippen molar-refractivity contribution in [3.05, 3.63) is 99.7 Å². The van der Waals surface area contributed by atoms with E-state index in [9.17, 15) is 38.4 Å². The van der Waals surface area contributed by atoms with Crippen LogP contribution in [0.15, 0.2) is 94.1 Å². The van der Waals surface area contributed by atoms with Gasteiger partial charge in [-0.1, -0.05) is 45.5 Å². The SMILES string of the molecule is C=CC(=O)CC(COC(=O)C=C)(COC(=O)C=C)COC(=O)Nc1cc(NC(=O)OCC(COC(=O)C=C)(COC(=O)C=C)COC(=O)C=C)ccc1C. The summed E-state index contributed by atoms with van der Waals surface area (Å²) in [5, 5.41) is 4.94. The van der Waals surface area contributed by atoms with Crippen molar-refractivity contribution < 1.29 is 71.5 Å². The zero-order chi connectivity index (χ0) is 40.7. The van der Waals surface area contributed by atoms with Crippen molar-refractivity contribution in [2.45, 2.75) is 13.3 Å². The highest BCUT2D eigenvalue weighted by Crippen LogP contribution is 2.27. The molecule has 0 heterocycles. The van der Waals surface area contributed by atoms with Gasteiger partial charge in [0, 0.05) is 48.2 Å². The highest BCUT2D eigenvalue weighted by molar-refractivity contribution is 5.91. The fraction of sp³-hybridized carbons (Fsp3) is 0.297. The molecular formula is C37H42N2O15. The van der Waals surface area contributed by atoms with Crippen molar-refractivity contribution in [1.29, 1.82) is 0 Å². The fourth-order valence-corrected chi connectivity index (χ4v) is 3.96. The fourth-order valence-electron chi connectivity index (χ4n) is 3.96. The lowest BCUT2D eigenvalue weighted by Crippen LogP contribution is -2.44. The predicted octanol–water partition coefficient (Wildman–Crippen LogP) is 3.86. The van der Waals surface area contributed by atoms with E-state index in [0.29, 0.717) is 5.56 Å². The Morgan fingerprint density at radius 3 is 1.26 bits per heavy atom. The van der Waals surface area contributed by atoms with E-state index in [1.807, 2.05) is 0 Å². The van der Waals surface area contributed by atoms with Crippen LogP contribution in [0.2, 0.25) is 0 Å². The van der Waals surface area contributed by atoms with Crippen LogP contribution in [-0.4, -0.2) is 94.1 Å². The third-order valence-corrected chi connectivity index (χ3v) is 6.95. The Balaban J connectivity index is 3.19. The zero-order valence-electron chi connectivity index (χ0n) is 29.7. The Bertz CT molecular complexity index is 1560. The second-order valence-corrected chi connectivity index (χ2v) is 11.3. The number of rotatable bonds is 24. The van der Waals surface area contributed by atoms with Crippen molar-refractivity contribution in [3.63, 3.8) is 0 Å². The van der Waals surface area contributed by atoms with Gasteiger partial charge in [0.25, 0.3) is 0 Å². The second-order valence-electron chi connectivity index (χ2n) is 11.3.